The summed E-state index contributed by atoms with van der Waals surface area (Å²) in [6.07, 6.45) is 5.73. The Morgan fingerprint density at radius 2 is 2.04 bits per heavy atom. The van der Waals surface area contributed by atoms with E-state index in [1.807, 2.05) is 18.2 Å². The van der Waals surface area contributed by atoms with E-state index in [2.05, 4.69) is 60.7 Å². The van der Waals surface area contributed by atoms with Crippen LogP contribution in [0.25, 0.3) is 10.8 Å². The van der Waals surface area contributed by atoms with Gasteiger partial charge in [-0.2, -0.15) is 0 Å². The molecule has 0 aliphatic heterocycles. The number of hydrogen-bond donors (Lipinski definition) is 0. The van der Waals surface area contributed by atoms with Crippen molar-refractivity contribution in [3.63, 3.8) is 0 Å². The molecular formula is C23H25IO4. The lowest BCUT2D eigenvalue weighted by molar-refractivity contribution is -0.137. The maximum absolute atomic E-state index is 11.4. The van der Waals surface area contributed by atoms with Gasteiger partial charge in [-0.15, -0.1) is 0 Å². The third kappa shape index (κ3) is 5.07. The maximum Gasteiger partial charge on any atom is 0.333 e. The fourth-order valence-electron chi connectivity index (χ4n) is 3.41. The third-order valence-electron chi connectivity index (χ3n) is 4.64. The van der Waals surface area contributed by atoms with Crippen LogP contribution in [-0.4, -0.2) is 25.3 Å². The fourth-order valence-corrected chi connectivity index (χ4v) is 4.21. The van der Waals surface area contributed by atoms with Gasteiger partial charge in [0.05, 0.1) is 22.5 Å². The van der Waals surface area contributed by atoms with Gasteiger partial charge in [0.1, 0.15) is 18.5 Å². The zero-order valence-corrected chi connectivity index (χ0v) is 18.6. The number of carbonyl (C=O) groups excluding carboxylic acids is 1. The average molecular weight is 492 g/mol. The Kier molecular flexibility index (Phi) is 6.65. The molecule has 1 aliphatic rings. The summed E-state index contributed by atoms with van der Waals surface area (Å²) in [5.41, 5.74) is 1.12. The van der Waals surface area contributed by atoms with Crippen molar-refractivity contribution in [2.24, 2.45) is 5.41 Å². The van der Waals surface area contributed by atoms with Crippen LogP contribution in [0.3, 0.4) is 0 Å². The molecule has 5 heteroatoms. The predicted octanol–water partition coefficient (Wildman–Crippen LogP) is 5.64. The highest BCUT2D eigenvalue weighted by molar-refractivity contribution is 14.1. The molecule has 0 saturated heterocycles. The minimum absolute atomic E-state index is 0.0382. The Labute approximate surface area is 179 Å². The highest BCUT2D eigenvalue weighted by Gasteiger charge is 2.33. The van der Waals surface area contributed by atoms with Crippen molar-refractivity contribution in [1.29, 1.82) is 0 Å². The zero-order valence-electron chi connectivity index (χ0n) is 16.4. The molecule has 0 fully saturated rings. The Morgan fingerprint density at radius 3 is 2.82 bits per heavy atom. The summed E-state index contributed by atoms with van der Waals surface area (Å²) in [6, 6.07) is 12.4. The first-order chi connectivity index (χ1) is 13.4. The molecule has 0 bridgehead atoms. The van der Waals surface area contributed by atoms with Crippen LogP contribution in [0.5, 0.6) is 5.75 Å². The highest BCUT2D eigenvalue weighted by atomic mass is 127. The first-order valence-corrected chi connectivity index (χ1v) is 10.5. The topological polar surface area (TPSA) is 44.8 Å². The second-order valence-electron chi connectivity index (χ2n) is 7.48. The van der Waals surface area contributed by atoms with Crippen molar-refractivity contribution in [1.82, 2.24) is 0 Å². The maximum atomic E-state index is 11.4. The van der Waals surface area contributed by atoms with Gasteiger partial charge in [0.15, 0.2) is 0 Å². The number of ether oxygens (including phenoxy) is 3. The molecule has 4 nitrogen and oxygen atoms in total. The molecule has 1 unspecified atom stereocenters. The fraction of sp³-hybridized carbons (Fsp3) is 0.348. The van der Waals surface area contributed by atoms with Gasteiger partial charge in [-0.25, -0.2) is 4.79 Å². The van der Waals surface area contributed by atoms with Gasteiger partial charge in [-0.05, 0) is 58.2 Å². The molecule has 3 rings (SSSR count). The summed E-state index contributed by atoms with van der Waals surface area (Å²) in [4.78, 5) is 11.4. The Bertz CT molecular complexity index is 914. The number of esters is 1. The van der Waals surface area contributed by atoms with Crippen LogP contribution < -0.4 is 4.74 Å². The van der Waals surface area contributed by atoms with E-state index in [0.717, 1.165) is 21.3 Å². The molecule has 0 N–H and O–H groups in total. The summed E-state index contributed by atoms with van der Waals surface area (Å²) >= 11 is 2.35. The van der Waals surface area contributed by atoms with E-state index in [1.165, 1.54) is 23.1 Å². The second kappa shape index (κ2) is 8.99. The van der Waals surface area contributed by atoms with Gasteiger partial charge >= 0.3 is 5.97 Å². The summed E-state index contributed by atoms with van der Waals surface area (Å²) < 4.78 is 17.9. The Balaban J connectivity index is 1.71. The minimum atomic E-state index is -0.401. The molecule has 0 saturated carbocycles. The van der Waals surface area contributed by atoms with Crippen molar-refractivity contribution < 1.29 is 19.0 Å². The quantitative estimate of drug-likeness (QED) is 0.165. The number of fused-ring (bicyclic) bond motifs is 1. The van der Waals surface area contributed by atoms with E-state index < -0.39 is 5.97 Å². The van der Waals surface area contributed by atoms with Gasteiger partial charge in [0.25, 0.3) is 0 Å². The molecule has 1 atom stereocenters. The molecular weight excluding hydrogens is 467 g/mol. The molecule has 1 aliphatic carbocycles. The molecule has 2 aromatic carbocycles. The van der Waals surface area contributed by atoms with Crippen molar-refractivity contribution in [2.45, 2.75) is 33.3 Å². The molecule has 0 spiro atoms. The van der Waals surface area contributed by atoms with E-state index in [1.54, 1.807) is 6.92 Å². The predicted molar refractivity (Wildman–Crippen MR) is 119 cm³/mol. The van der Waals surface area contributed by atoms with Gasteiger partial charge in [0, 0.05) is 5.57 Å². The normalized spacial score (nSPS) is 18.3. The summed E-state index contributed by atoms with van der Waals surface area (Å²) in [5, 5.41) is 2.39. The highest BCUT2D eigenvalue weighted by Crippen LogP contribution is 2.39. The van der Waals surface area contributed by atoms with Crippen LogP contribution >= 0.6 is 22.6 Å². The van der Waals surface area contributed by atoms with E-state index in [0.29, 0.717) is 13.2 Å². The lowest BCUT2D eigenvalue weighted by Gasteiger charge is -2.21. The number of halogens is 1. The van der Waals surface area contributed by atoms with Gasteiger partial charge < -0.3 is 14.2 Å². The lowest BCUT2D eigenvalue weighted by Crippen LogP contribution is -2.21. The smallest absolute Gasteiger partial charge is 0.333 e. The van der Waals surface area contributed by atoms with E-state index in [4.69, 9.17) is 14.2 Å². The molecule has 148 valence electrons. The monoisotopic (exact) mass is 492 g/mol. The van der Waals surface area contributed by atoms with Crippen molar-refractivity contribution >= 4 is 39.3 Å². The van der Waals surface area contributed by atoms with Crippen molar-refractivity contribution in [2.75, 3.05) is 13.2 Å². The zero-order chi connectivity index (χ0) is 20.1. The number of allylic oxidation sites excluding steroid dienone is 1. The van der Waals surface area contributed by atoms with Gasteiger partial charge in [0.2, 0.25) is 0 Å². The minimum Gasteiger partial charge on any atom is -0.496 e. The first kappa shape index (κ1) is 20.7. The van der Waals surface area contributed by atoms with Crippen molar-refractivity contribution in [3.8, 4) is 5.75 Å². The standard InChI is InChI=1S/C23H25IO4/c1-4-27-21(25)11-12-26-15-17-13-23(2,3)14-20(17)28-19-10-9-16-7-5-6-8-18(16)22(19)24/h5-13,20H,4,14-15H2,1-3H3/b12-11+. The summed E-state index contributed by atoms with van der Waals surface area (Å²) in [7, 11) is 0. The number of carbonyl (C=O) groups is 1. The molecule has 0 amide bonds. The van der Waals surface area contributed by atoms with Crippen LogP contribution in [-0.2, 0) is 14.3 Å². The number of benzene rings is 2. The Hall–Kier alpha value is -2.02. The molecule has 28 heavy (non-hydrogen) atoms. The summed E-state index contributed by atoms with van der Waals surface area (Å²) in [6.45, 7) is 6.89. The first-order valence-electron chi connectivity index (χ1n) is 9.40. The van der Waals surface area contributed by atoms with Crippen LogP contribution in [0.2, 0.25) is 0 Å². The summed E-state index contributed by atoms with van der Waals surface area (Å²) in [5.74, 6) is 0.483. The Morgan fingerprint density at radius 1 is 1.25 bits per heavy atom. The van der Waals surface area contributed by atoms with Gasteiger partial charge in [-0.3, -0.25) is 0 Å². The lowest BCUT2D eigenvalue weighted by atomic mass is 9.93. The van der Waals surface area contributed by atoms with E-state index in [-0.39, 0.29) is 11.5 Å². The number of hydrogen-bond acceptors (Lipinski definition) is 4. The van der Waals surface area contributed by atoms with E-state index in [9.17, 15) is 4.79 Å². The molecule has 0 aromatic heterocycles. The largest absolute Gasteiger partial charge is 0.496 e. The SMILES string of the molecule is CCOC(=O)/C=C/OCC1=CC(C)(C)CC1Oc1ccc2ccccc2c1I. The van der Waals surface area contributed by atoms with Crippen LogP contribution in [0.15, 0.2) is 60.4 Å². The third-order valence-corrected chi connectivity index (χ3v) is 5.75. The van der Waals surface area contributed by atoms with Crippen molar-refractivity contribution in [3.05, 3.63) is 64.0 Å². The van der Waals surface area contributed by atoms with Crippen LogP contribution in [0, 0.1) is 8.99 Å². The van der Waals surface area contributed by atoms with Gasteiger partial charge in [-0.1, -0.05) is 50.3 Å². The second-order valence-corrected chi connectivity index (χ2v) is 8.56. The molecule has 2 aromatic rings. The molecule has 0 radical (unpaired) electrons. The van der Waals surface area contributed by atoms with E-state index >= 15 is 0 Å². The molecule has 0 heterocycles. The number of rotatable bonds is 7. The van der Waals surface area contributed by atoms with Crippen LogP contribution in [0.1, 0.15) is 27.2 Å². The average Bonchev–Trinajstić information content (AvgIpc) is 2.95. The van der Waals surface area contributed by atoms with Crippen LogP contribution in [0.4, 0.5) is 0 Å².